The second-order valence-electron chi connectivity index (χ2n) is 2.20. The van der Waals surface area contributed by atoms with E-state index >= 15 is 0 Å². The molecule has 1 heterocycles. The number of halogens is 1. The lowest BCUT2D eigenvalue weighted by Gasteiger charge is -1.97. The molecule has 0 aliphatic heterocycles. The highest BCUT2D eigenvalue weighted by molar-refractivity contribution is 9.10. The molecule has 0 aliphatic carbocycles. The van der Waals surface area contributed by atoms with E-state index < -0.39 is 0 Å². The first-order valence-electron chi connectivity index (χ1n) is 3.35. The van der Waals surface area contributed by atoms with E-state index in [9.17, 15) is 0 Å². The Morgan fingerprint density at radius 1 is 1.55 bits per heavy atom. The Bertz CT molecular complexity index is 281. The molecule has 0 saturated carbocycles. The van der Waals surface area contributed by atoms with Crippen molar-refractivity contribution in [2.45, 2.75) is 13.8 Å². The molecule has 1 rings (SSSR count). The van der Waals surface area contributed by atoms with E-state index in [2.05, 4.69) is 25.9 Å². The van der Waals surface area contributed by atoms with E-state index in [0.717, 1.165) is 15.9 Å². The van der Waals surface area contributed by atoms with Crippen molar-refractivity contribution in [3.63, 3.8) is 0 Å². The maximum atomic E-state index is 4.10. The molecular formula is C8H9BrN2. The van der Waals surface area contributed by atoms with Crippen LogP contribution in [0.5, 0.6) is 0 Å². The van der Waals surface area contributed by atoms with Gasteiger partial charge < -0.3 is 0 Å². The number of rotatable bonds is 1. The lowest BCUT2D eigenvalue weighted by atomic mass is 10.2. The third-order valence-corrected chi connectivity index (χ3v) is 1.90. The van der Waals surface area contributed by atoms with Gasteiger partial charge in [-0.1, -0.05) is 6.08 Å². The third-order valence-electron chi connectivity index (χ3n) is 1.47. The summed E-state index contributed by atoms with van der Waals surface area (Å²) < 4.78 is 0.823. The molecule has 2 nitrogen and oxygen atoms in total. The Labute approximate surface area is 74.5 Å². The van der Waals surface area contributed by atoms with E-state index in [0.29, 0.717) is 0 Å². The van der Waals surface area contributed by atoms with Gasteiger partial charge in [-0.05, 0) is 41.4 Å². The van der Waals surface area contributed by atoms with Gasteiger partial charge in [0.05, 0.1) is 5.69 Å². The van der Waals surface area contributed by atoms with Crippen LogP contribution in [0.4, 0.5) is 0 Å². The van der Waals surface area contributed by atoms with Gasteiger partial charge in [0, 0.05) is 0 Å². The molecule has 58 valence electrons. The lowest BCUT2D eigenvalue weighted by molar-refractivity contribution is 1.11. The Hall–Kier alpha value is -0.700. The second-order valence-corrected chi connectivity index (χ2v) is 3.01. The van der Waals surface area contributed by atoms with Crippen molar-refractivity contribution in [1.29, 1.82) is 0 Å². The number of allylic oxidation sites excluding steroid dienone is 2. The Kier molecular flexibility index (Phi) is 2.76. The summed E-state index contributed by atoms with van der Waals surface area (Å²) in [5.74, 6) is 0. The van der Waals surface area contributed by atoms with Crippen molar-refractivity contribution in [1.82, 2.24) is 9.97 Å². The molecule has 1 aromatic rings. The fourth-order valence-electron chi connectivity index (χ4n) is 0.697. The van der Waals surface area contributed by atoms with Crippen LogP contribution in [0.25, 0.3) is 5.57 Å². The standard InChI is InChI=1S/C8H9BrN2/c1-3-6(2)7-4-8(9)11-5-10-7/h3-5H,1-2H3/b6-3+. The minimum absolute atomic E-state index is 0.823. The molecule has 0 fully saturated rings. The zero-order valence-corrected chi connectivity index (χ0v) is 8.09. The Morgan fingerprint density at radius 3 is 2.82 bits per heavy atom. The van der Waals surface area contributed by atoms with Crippen LogP contribution in [0.1, 0.15) is 19.5 Å². The first-order chi connectivity index (χ1) is 5.24. The summed E-state index contributed by atoms with van der Waals surface area (Å²) in [6.07, 6.45) is 3.57. The van der Waals surface area contributed by atoms with Crippen LogP contribution in [0.3, 0.4) is 0 Å². The first kappa shape index (κ1) is 8.40. The van der Waals surface area contributed by atoms with Gasteiger partial charge in [0.2, 0.25) is 0 Å². The second kappa shape index (κ2) is 3.62. The van der Waals surface area contributed by atoms with Crippen molar-refractivity contribution in [3.8, 4) is 0 Å². The molecule has 0 radical (unpaired) electrons. The molecule has 11 heavy (non-hydrogen) atoms. The number of hydrogen-bond acceptors (Lipinski definition) is 2. The minimum atomic E-state index is 0.823. The third kappa shape index (κ3) is 2.12. The van der Waals surface area contributed by atoms with Gasteiger partial charge in [-0.2, -0.15) is 0 Å². The Morgan fingerprint density at radius 2 is 2.27 bits per heavy atom. The molecule has 0 aromatic carbocycles. The van der Waals surface area contributed by atoms with E-state index in [1.807, 2.05) is 26.0 Å². The number of aromatic nitrogens is 2. The monoisotopic (exact) mass is 212 g/mol. The fourth-order valence-corrected chi connectivity index (χ4v) is 1.01. The minimum Gasteiger partial charge on any atom is -0.237 e. The van der Waals surface area contributed by atoms with Crippen LogP contribution in [-0.2, 0) is 0 Å². The molecule has 0 amide bonds. The van der Waals surface area contributed by atoms with Crippen molar-refractivity contribution in [2.24, 2.45) is 0 Å². The van der Waals surface area contributed by atoms with Gasteiger partial charge in [-0.3, -0.25) is 0 Å². The van der Waals surface area contributed by atoms with Gasteiger partial charge in [-0.25, -0.2) is 9.97 Å². The molecule has 3 heteroatoms. The predicted molar refractivity (Wildman–Crippen MR) is 49.1 cm³/mol. The smallest absolute Gasteiger partial charge is 0.117 e. The highest BCUT2D eigenvalue weighted by Gasteiger charge is 1.96. The van der Waals surface area contributed by atoms with Gasteiger partial charge in [0.15, 0.2) is 0 Å². The zero-order valence-electron chi connectivity index (χ0n) is 6.50. The summed E-state index contributed by atoms with van der Waals surface area (Å²) in [5, 5.41) is 0. The summed E-state index contributed by atoms with van der Waals surface area (Å²) in [6, 6.07) is 1.90. The molecule has 0 spiro atoms. The van der Waals surface area contributed by atoms with Crippen LogP contribution in [0, 0.1) is 0 Å². The van der Waals surface area contributed by atoms with Gasteiger partial charge in [-0.15, -0.1) is 0 Å². The van der Waals surface area contributed by atoms with Crippen LogP contribution in [-0.4, -0.2) is 9.97 Å². The molecule has 0 atom stereocenters. The van der Waals surface area contributed by atoms with Crippen LogP contribution in [0.2, 0.25) is 0 Å². The summed E-state index contributed by atoms with van der Waals surface area (Å²) in [6.45, 7) is 4.01. The Balaban J connectivity index is 3.06. The van der Waals surface area contributed by atoms with Crippen molar-refractivity contribution in [2.75, 3.05) is 0 Å². The highest BCUT2D eigenvalue weighted by Crippen LogP contribution is 2.13. The molecule has 0 bridgehead atoms. The van der Waals surface area contributed by atoms with E-state index in [4.69, 9.17) is 0 Å². The SMILES string of the molecule is C/C=C(\C)c1cc(Br)ncn1. The van der Waals surface area contributed by atoms with E-state index in [1.165, 1.54) is 0 Å². The number of nitrogens with zero attached hydrogens (tertiary/aromatic N) is 2. The molecule has 0 unspecified atom stereocenters. The normalized spacial score (nSPS) is 11.7. The summed E-state index contributed by atoms with van der Waals surface area (Å²) in [7, 11) is 0. The van der Waals surface area contributed by atoms with Crippen LogP contribution < -0.4 is 0 Å². The van der Waals surface area contributed by atoms with E-state index in [-0.39, 0.29) is 0 Å². The highest BCUT2D eigenvalue weighted by atomic mass is 79.9. The maximum Gasteiger partial charge on any atom is 0.117 e. The summed E-state index contributed by atoms with van der Waals surface area (Å²) in [4.78, 5) is 8.04. The molecule has 0 saturated heterocycles. The summed E-state index contributed by atoms with van der Waals surface area (Å²) in [5.41, 5.74) is 2.13. The fraction of sp³-hybridized carbons (Fsp3) is 0.250. The molecule has 1 aromatic heterocycles. The zero-order chi connectivity index (χ0) is 8.27. The van der Waals surface area contributed by atoms with Crippen molar-refractivity contribution < 1.29 is 0 Å². The van der Waals surface area contributed by atoms with Crippen molar-refractivity contribution >= 4 is 21.5 Å². The molecular weight excluding hydrogens is 204 g/mol. The molecule has 0 aliphatic rings. The maximum absolute atomic E-state index is 4.10. The first-order valence-corrected chi connectivity index (χ1v) is 4.14. The largest absolute Gasteiger partial charge is 0.237 e. The average Bonchev–Trinajstić information content (AvgIpc) is 2.03. The van der Waals surface area contributed by atoms with Gasteiger partial charge in [0.1, 0.15) is 10.9 Å². The van der Waals surface area contributed by atoms with Gasteiger partial charge >= 0.3 is 0 Å². The summed E-state index contributed by atoms with van der Waals surface area (Å²) >= 11 is 3.28. The van der Waals surface area contributed by atoms with Crippen LogP contribution >= 0.6 is 15.9 Å². The van der Waals surface area contributed by atoms with E-state index in [1.54, 1.807) is 6.33 Å². The lowest BCUT2D eigenvalue weighted by Crippen LogP contribution is -1.86. The topological polar surface area (TPSA) is 25.8 Å². The average molecular weight is 213 g/mol. The van der Waals surface area contributed by atoms with Crippen LogP contribution in [0.15, 0.2) is 23.1 Å². The predicted octanol–water partition coefficient (Wildman–Crippen LogP) is 2.66. The van der Waals surface area contributed by atoms with Crippen molar-refractivity contribution in [3.05, 3.63) is 28.8 Å². The number of hydrogen-bond donors (Lipinski definition) is 0. The quantitative estimate of drug-likeness (QED) is 0.670. The molecule has 0 N–H and O–H groups in total. The van der Waals surface area contributed by atoms with Gasteiger partial charge in [0.25, 0.3) is 0 Å².